The second kappa shape index (κ2) is 8.85. The van der Waals surface area contributed by atoms with E-state index in [9.17, 15) is 9.90 Å². The van der Waals surface area contributed by atoms with Crippen LogP contribution in [0.1, 0.15) is 40.2 Å². The van der Waals surface area contributed by atoms with Crippen LogP contribution in [0.4, 0.5) is 0 Å². The molecule has 1 unspecified atom stereocenters. The van der Waals surface area contributed by atoms with E-state index >= 15 is 0 Å². The number of nitrogens with zero attached hydrogens (tertiary/aromatic N) is 1. The molecule has 0 aromatic heterocycles. The van der Waals surface area contributed by atoms with Gasteiger partial charge in [0.15, 0.2) is 0 Å². The Balaban J connectivity index is 1.63. The first-order valence-corrected chi connectivity index (χ1v) is 10.7. The molecule has 1 atom stereocenters. The number of likely N-dealkylation sites (tertiary alicyclic amines) is 1. The number of ketones is 1. The van der Waals surface area contributed by atoms with Crippen LogP contribution in [0.3, 0.4) is 0 Å². The Labute approximate surface area is 179 Å². The number of Topliss-reactive ketones (excluding diaryl/α,β-unsaturated/α-hetero) is 1. The summed E-state index contributed by atoms with van der Waals surface area (Å²) in [7, 11) is 0. The molecule has 1 heterocycles. The average molecular weight is 400 g/mol. The highest BCUT2D eigenvalue weighted by Gasteiger charge is 2.35. The lowest BCUT2D eigenvalue weighted by molar-refractivity contribution is -0.126. The van der Waals surface area contributed by atoms with Crippen LogP contribution < -0.4 is 0 Å². The smallest absolute Gasteiger partial charge is 0.139 e. The maximum Gasteiger partial charge on any atom is 0.139 e. The van der Waals surface area contributed by atoms with E-state index in [0.717, 1.165) is 25.2 Å². The molecular formula is C27H29NO2. The second-order valence-corrected chi connectivity index (χ2v) is 8.52. The predicted octanol–water partition coefficient (Wildman–Crippen LogP) is 5.23. The van der Waals surface area contributed by atoms with Crippen molar-refractivity contribution in [3.63, 3.8) is 0 Å². The molecule has 3 aromatic carbocycles. The number of piperidine rings is 1. The number of hydrogen-bond donors (Lipinski definition) is 1. The first kappa shape index (κ1) is 20.4. The monoisotopic (exact) mass is 399 g/mol. The van der Waals surface area contributed by atoms with Gasteiger partial charge in [-0.1, -0.05) is 71.8 Å². The summed E-state index contributed by atoms with van der Waals surface area (Å²) in [6, 6.07) is 24.6. The predicted molar refractivity (Wildman–Crippen MR) is 121 cm³/mol. The first-order chi connectivity index (χ1) is 14.5. The molecule has 0 saturated carbocycles. The lowest BCUT2D eigenvalue weighted by atomic mass is 9.76. The number of aromatic hydroxyl groups is 1. The normalized spacial score (nSPS) is 17.4. The van der Waals surface area contributed by atoms with Crippen molar-refractivity contribution in [1.82, 2.24) is 4.90 Å². The van der Waals surface area contributed by atoms with E-state index in [2.05, 4.69) is 67.3 Å². The van der Waals surface area contributed by atoms with Gasteiger partial charge in [0.2, 0.25) is 0 Å². The minimum absolute atomic E-state index is 0.0568. The van der Waals surface area contributed by atoms with Gasteiger partial charge in [0.25, 0.3) is 0 Å². The van der Waals surface area contributed by atoms with Gasteiger partial charge < -0.3 is 5.11 Å². The number of phenolic OH excluding ortho intramolecular Hbond substituents is 1. The summed E-state index contributed by atoms with van der Waals surface area (Å²) in [6.45, 7) is 6.50. The van der Waals surface area contributed by atoms with Crippen molar-refractivity contribution < 1.29 is 9.90 Å². The van der Waals surface area contributed by atoms with Crippen LogP contribution >= 0.6 is 0 Å². The molecule has 1 N–H and O–H groups in total. The van der Waals surface area contributed by atoms with Gasteiger partial charge in [0.05, 0.1) is 0 Å². The van der Waals surface area contributed by atoms with E-state index in [1.54, 1.807) is 12.1 Å². The second-order valence-electron chi connectivity index (χ2n) is 8.52. The summed E-state index contributed by atoms with van der Waals surface area (Å²) in [6.07, 6.45) is 0.580. The molecule has 1 aliphatic rings. The highest BCUT2D eigenvalue weighted by Crippen LogP contribution is 2.36. The van der Waals surface area contributed by atoms with Gasteiger partial charge in [0.1, 0.15) is 11.5 Å². The molecule has 4 rings (SSSR count). The Morgan fingerprint density at radius 1 is 0.867 bits per heavy atom. The van der Waals surface area contributed by atoms with Crippen LogP contribution in [0.15, 0.2) is 72.8 Å². The van der Waals surface area contributed by atoms with Gasteiger partial charge in [0, 0.05) is 37.9 Å². The molecule has 3 heteroatoms. The minimum Gasteiger partial charge on any atom is -0.508 e. The molecule has 1 saturated heterocycles. The maximum absolute atomic E-state index is 13.1. The van der Waals surface area contributed by atoms with E-state index in [-0.39, 0.29) is 17.6 Å². The van der Waals surface area contributed by atoms with E-state index in [4.69, 9.17) is 0 Å². The van der Waals surface area contributed by atoms with Gasteiger partial charge in [-0.25, -0.2) is 0 Å². The molecule has 3 nitrogen and oxygen atoms in total. The van der Waals surface area contributed by atoms with E-state index in [1.165, 1.54) is 22.3 Å². The number of rotatable bonds is 5. The van der Waals surface area contributed by atoms with Gasteiger partial charge in [-0.3, -0.25) is 9.69 Å². The topological polar surface area (TPSA) is 40.5 Å². The van der Waals surface area contributed by atoms with E-state index in [1.807, 2.05) is 12.1 Å². The fourth-order valence-electron chi connectivity index (χ4n) is 4.42. The van der Waals surface area contributed by atoms with Crippen LogP contribution in [0, 0.1) is 19.8 Å². The molecule has 154 valence electrons. The summed E-state index contributed by atoms with van der Waals surface area (Å²) in [5.74, 6) is 0.620. The molecular weight excluding hydrogens is 370 g/mol. The van der Waals surface area contributed by atoms with E-state index in [0.29, 0.717) is 12.2 Å². The Hall–Kier alpha value is -2.91. The molecule has 0 amide bonds. The quantitative estimate of drug-likeness (QED) is 0.638. The Bertz CT molecular complexity index is 945. The average Bonchev–Trinajstić information content (AvgIpc) is 2.75. The summed E-state index contributed by atoms with van der Waals surface area (Å²) in [4.78, 5) is 15.5. The third-order valence-electron chi connectivity index (χ3n) is 6.16. The van der Waals surface area contributed by atoms with Crippen molar-refractivity contribution in [2.24, 2.45) is 5.92 Å². The zero-order valence-corrected chi connectivity index (χ0v) is 17.7. The summed E-state index contributed by atoms with van der Waals surface area (Å²) in [5, 5.41) is 9.54. The lowest BCUT2D eigenvalue weighted by Gasteiger charge is -2.36. The number of aryl methyl sites for hydroxylation is 2. The molecule has 1 fully saturated rings. The van der Waals surface area contributed by atoms with Gasteiger partial charge in [-0.2, -0.15) is 0 Å². The maximum atomic E-state index is 13.1. The van der Waals surface area contributed by atoms with Gasteiger partial charge in [-0.15, -0.1) is 0 Å². The fourth-order valence-corrected chi connectivity index (χ4v) is 4.42. The number of carbonyl (C=O) groups is 1. The third kappa shape index (κ3) is 4.63. The number of benzene rings is 3. The lowest BCUT2D eigenvalue weighted by Crippen LogP contribution is -2.43. The van der Waals surface area contributed by atoms with Crippen molar-refractivity contribution in [2.45, 2.75) is 32.7 Å². The number of hydrogen-bond acceptors (Lipinski definition) is 3. The van der Waals surface area contributed by atoms with E-state index < -0.39 is 0 Å². The van der Waals surface area contributed by atoms with Crippen molar-refractivity contribution in [3.8, 4) is 5.75 Å². The molecule has 0 bridgehead atoms. The molecule has 0 spiro atoms. The highest BCUT2D eigenvalue weighted by molar-refractivity contribution is 5.83. The van der Waals surface area contributed by atoms with Crippen molar-refractivity contribution in [2.75, 3.05) is 13.1 Å². The Kier molecular flexibility index (Phi) is 6.01. The van der Waals surface area contributed by atoms with Crippen molar-refractivity contribution in [1.29, 1.82) is 0 Å². The number of phenols is 1. The highest BCUT2D eigenvalue weighted by atomic mass is 16.3. The Morgan fingerprint density at radius 2 is 1.40 bits per heavy atom. The third-order valence-corrected chi connectivity index (χ3v) is 6.16. The zero-order valence-electron chi connectivity index (χ0n) is 17.7. The SMILES string of the molecule is Cc1ccc(C(c2ccc(C)cc2)C2CN(Cc3ccc(O)cc3)CCC2=O)cc1. The van der Waals surface area contributed by atoms with Crippen molar-refractivity contribution in [3.05, 3.63) is 101 Å². The minimum atomic E-state index is -0.0683. The molecule has 0 radical (unpaired) electrons. The fraction of sp³-hybridized carbons (Fsp3) is 0.296. The molecule has 0 aliphatic carbocycles. The first-order valence-electron chi connectivity index (χ1n) is 10.7. The molecule has 3 aromatic rings. The summed E-state index contributed by atoms with van der Waals surface area (Å²) < 4.78 is 0. The van der Waals surface area contributed by atoms with Crippen LogP contribution in [0.25, 0.3) is 0 Å². The zero-order chi connectivity index (χ0) is 21.1. The largest absolute Gasteiger partial charge is 0.508 e. The van der Waals surface area contributed by atoms with Gasteiger partial charge >= 0.3 is 0 Å². The van der Waals surface area contributed by atoms with Crippen LogP contribution in [0.5, 0.6) is 5.75 Å². The standard InChI is InChI=1S/C27H29NO2/c1-19-3-9-22(10-4-19)27(23-11-5-20(2)6-12-23)25-18-28(16-15-26(25)30)17-21-7-13-24(29)14-8-21/h3-14,25,27,29H,15-18H2,1-2H3. The van der Waals surface area contributed by atoms with Crippen molar-refractivity contribution >= 4 is 5.78 Å². The van der Waals surface area contributed by atoms with Crippen LogP contribution in [-0.2, 0) is 11.3 Å². The Morgan fingerprint density at radius 3 is 1.93 bits per heavy atom. The summed E-state index contributed by atoms with van der Waals surface area (Å²) >= 11 is 0. The molecule has 1 aliphatic heterocycles. The van der Waals surface area contributed by atoms with Crippen LogP contribution in [0.2, 0.25) is 0 Å². The molecule has 30 heavy (non-hydrogen) atoms. The summed E-state index contributed by atoms with van der Waals surface area (Å²) in [5.41, 5.74) is 6.02. The van der Waals surface area contributed by atoms with Gasteiger partial charge in [-0.05, 0) is 42.7 Å². The number of carbonyl (C=O) groups excluding carboxylic acids is 1. The van der Waals surface area contributed by atoms with Crippen LogP contribution in [-0.4, -0.2) is 28.9 Å².